The van der Waals surface area contributed by atoms with Crippen molar-refractivity contribution in [3.05, 3.63) is 94.6 Å². The molecule has 3 heterocycles. The van der Waals surface area contributed by atoms with E-state index in [1.165, 1.54) is 22.3 Å². The number of aliphatic hydroxyl groups excluding tert-OH is 1. The molecule has 0 saturated carbocycles. The van der Waals surface area contributed by atoms with Gasteiger partial charge in [-0.2, -0.15) is 0 Å². The summed E-state index contributed by atoms with van der Waals surface area (Å²) in [6.07, 6.45) is 1.61. The third-order valence-corrected chi connectivity index (χ3v) is 7.15. The lowest BCUT2D eigenvalue weighted by atomic mass is 9.95. The van der Waals surface area contributed by atoms with E-state index in [4.69, 9.17) is 25.5 Å². The Morgan fingerprint density at radius 3 is 2.74 bits per heavy atom. The van der Waals surface area contributed by atoms with Crippen molar-refractivity contribution in [2.75, 3.05) is 18.1 Å². The number of carbonyl (C=O) groups excluding carboxylic acids is 2. The number of benzene rings is 2. The molecule has 1 aliphatic rings. The number of aliphatic hydroxyl groups is 1. The number of hydrogen-bond acceptors (Lipinski definition) is 8. The normalized spacial score (nSPS) is 15.4. The maximum absolute atomic E-state index is 13.6. The van der Waals surface area contributed by atoms with Gasteiger partial charge in [0, 0.05) is 5.02 Å². The maximum Gasteiger partial charge on any atom is 0.296 e. The van der Waals surface area contributed by atoms with Crippen molar-refractivity contribution in [2.45, 2.75) is 19.9 Å². The summed E-state index contributed by atoms with van der Waals surface area (Å²) in [4.78, 5) is 33.1. The third-order valence-electron chi connectivity index (χ3n) is 5.90. The molecule has 0 fully saturated rings. The number of thiazole rings is 1. The SMILES string of the molecule is C=CCOc1ccc(C2C(C(=O)c3ccc(C)o3)=C(O)C(=O)N2c2nc3ccc(Cl)cc3s2)cc1OCC. The molecule has 1 atom stereocenters. The van der Waals surface area contributed by atoms with Gasteiger partial charge in [-0.15, -0.1) is 0 Å². The number of fused-ring (bicyclic) bond motifs is 1. The predicted molar refractivity (Wildman–Crippen MR) is 146 cm³/mol. The number of ketones is 1. The molecule has 38 heavy (non-hydrogen) atoms. The van der Waals surface area contributed by atoms with E-state index in [0.29, 0.717) is 45.1 Å². The summed E-state index contributed by atoms with van der Waals surface area (Å²) < 4.78 is 17.8. The van der Waals surface area contributed by atoms with Crippen LogP contribution >= 0.6 is 22.9 Å². The number of ether oxygens (including phenoxy) is 2. The number of furan rings is 1. The van der Waals surface area contributed by atoms with Gasteiger partial charge in [0.05, 0.1) is 28.4 Å². The number of carbonyl (C=O) groups is 2. The van der Waals surface area contributed by atoms with Gasteiger partial charge >= 0.3 is 0 Å². The number of hydrogen-bond donors (Lipinski definition) is 1. The molecule has 1 N–H and O–H groups in total. The lowest BCUT2D eigenvalue weighted by Gasteiger charge is -2.25. The van der Waals surface area contributed by atoms with Crippen LogP contribution in [0, 0.1) is 6.92 Å². The molecule has 0 radical (unpaired) electrons. The zero-order valence-corrected chi connectivity index (χ0v) is 22.1. The molecule has 0 saturated heterocycles. The van der Waals surface area contributed by atoms with Crippen LogP contribution in [0.4, 0.5) is 5.13 Å². The molecule has 2 aromatic carbocycles. The molecular weight excluding hydrogens is 528 g/mol. The van der Waals surface area contributed by atoms with Gasteiger partial charge in [-0.25, -0.2) is 4.98 Å². The quantitative estimate of drug-likeness (QED) is 0.185. The number of aromatic nitrogens is 1. The van der Waals surface area contributed by atoms with Crippen molar-refractivity contribution in [2.24, 2.45) is 0 Å². The van der Waals surface area contributed by atoms with Crippen LogP contribution in [0.3, 0.4) is 0 Å². The number of rotatable bonds is 9. The second kappa shape index (κ2) is 10.4. The van der Waals surface area contributed by atoms with E-state index in [2.05, 4.69) is 11.6 Å². The maximum atomic E-state index is 13.6. The minimum atomic E-state index is -1.01. The van der Waals surface area contributed by atoms with Gasteiger partial charge < -0.3 is 19.0 Å². The van der Waals surface area contributed by atoms with E-state index in [9.17, 15) is 14.7 Å². The van der Waals surface area contributed by atoms with Crippen molar-refractivity contribution >= 4 is 50.0 Å². The van der Waals surface area contributed by atoms with E-state index >= 15 is 0 Å². The minimum Gasteiger partial charge on any atom is -0.503 e. The number of Topliss-reactive ketones (excluding diaryl/α,β-unsaturated/α-hetero) is 1. The fraction of sp³-hybridized carbons (Fsp3) is 0.179. The standard InChI is InChI=1S/C28H23ClN2O6S/c1-4-12-36-19-11-7-16(13-21(19)35-5-2)24-23(25(32)20-10-6-15(3)37-20)26(33)27(34)31(24)28-30-18-9-8-17(29)14-22(18)38-28/h4,6-11,13-14,24,33H,1,5,12H2,2-3H3. The summed E-state index contributed by atoms with van der Waals surface area (Å²) in [6, 6.07) is 12.4. The van der Waals surface area contributed by atoms with Gasteiger partial charge in [-0.05, 0) is 61.9 Å². The van der Waals surface area contributed by atoms with E-state index in [-0.39, 0.29) is 17.9 Å². The Morgan fingerprint density at radius 1 is 1.21 bits per heavy atom. The van der Waals surface area contributed by atoms with E-state index < -0.39 is 23.5 Å². The van der Waals surface area contributed by atoms with Crippen molar-refractivity contribution in [1.82, 2.24) is 4.98 Å². The number of amides is 1. The first-order valence-electron chi connectivity index (χ1n) is 11.8. The van der Waals surface area contributed by atoms with Crippen LogP contribution in [0.2, 0.25) is 5.02 Å². The lowest BCUT2D eigenvalue weighted by molar-refractivity contribution is -0.117. The number of halogens is 1. The van der Waals surface area contributed by atoms with Crippen LogP contribution in [0.15, 0.2) is 76.9 Å². The second-order valence-corrected chi connectivity index (χ2v) is 9.87. The summed E-state index contributed by atoms with van der Waals surface area (Å²) in [5.41, 5.74) is 1.02. The molecular formula is C28H23ClN2O6S. The fourth-order valence-electron chi connectivity index (χ4n) is 4.26. The highest BCUT2D eigenvalue weighted by molar-refractivity contribution is 7.22. The van der Waals surface area contributed by atoms with Crippen molar-refractivity contribution in [3.63, 3.8) is 0 Å². The summed E-state index contributed by atoms with van der Waals surface area (Å²) in [5.74, 6) is -0.600. The van der Waals surface area contributed by atoms with E-state index in [0.717, 1.165) is 4.70 Å². The summed E-state index contributed by atoms with van der Waals surface area (Å²) >= 11 is 7.39. The molecule has 8 nitrogen and oxygen atoms in total. The Labute approximate surface area is 227 Å². The van der Waals surface area contributed by atoms with Gasteiger partial charge in [0.25, 0.3) is 5.91 Å². The Bertz CT molecular complexity index is 1600. The molecule has 1 amide bonds. The highest BCUT2D eigenvalue weighted by atomic mass is 35.5. The molecule has 1 aliphatic heterocycles. The minimum absolute atomic E-state index is 0.00995. The van der Waals surface area contributed by atoms with E-state index in [1.54, 1.807) is 55.5 Å². The van der Waals surface area contributed by atoms with Gasteiger partial charge in [0.2, 0.25) is 5.78 Å². The molecule has 0 bridgehead atoms. The second-order valence-electron chi connectivity index (χ2n) is 8.43. The van der Waals surface area contributed by atoms with Crippen molar-refractivity contribution in [3.8, 4) is 11.5 Å². The topological polar surface area (TPSA) is 102 Å². The first-order valence-corrected chi connectivity index (χ1v) is 13.0. The molecule has 0 spiro atoms. The number of nitrogens with zero attached hydrogens (tertiary/aromatic N) is 2. The summed E-state index contributed by atoms with van der Waals surface area (Å²) in [7, 11) is 0. The fourth-order valence-corrected chi connectivity index (χ4v) is 5.53. The van der Waals surface area contributed by atoms with Gasteiger partial charge in [-0.3, -0.25) is 14.5 Å². The largest absolute Gasteiger partial charge is 0.503 e. The zero-order valence-electron chi connectivity index (χ0n) is 20.6. The summed E-state index contributed by atoms with van der Waals surface area (Å²) in [5, 5.41) is 11.9. The zero-order chi connectivity index (χ0) is 27.0. The average molecular weight is 551 g/mol. The van der Waals surface area contributed by atoms with Crippen molar-refractivity contribution in [1.29, 1.82) is 0 Å². The van der Waals surface area contributed by atoms with Crippen molar-refractivity contribution < 1.29 is 28.6 Å². The Kier molecular flexibility index (Phi) is 6.96. The first-order chi connectivity index (χ1) is 18.3. The molecule has 0 aliphatic carbocycles. The van der Waals surface area contributed by atoms with Gasteiger partial charge in [-0.1, -0.05) is 41.7 Å². The molecule has 5 rings (SSSR count). The highest BCUT2D eigenvalue weighted by Gasteiger charge is 2.46. The Morgan fingerprint density at radius 2 is 2.03 bits per heavy atom. The van der Waals surface area contributed by atoms with Crippen LogP contribution in [-0.2, 0) is 4.79 Å². The Hall–Kier alpha value is -4.08. The number of aryl methyl sites for hydroxylation is 1. The van der Waals surface area contributed by atoms with Gasteiger partial charge in [0.15, 0.2) is 28.1 Å². The van der Waals surface area contributed by atoms with Crippen LogP contribution in [-0.4, -0.2) is 35.0 Å². The molecule has 10 heteroatoms. The predicted octanol–water partition coefficient (Wildman–Crippen LogP) is 6.60. The molecule has 4 aromatic rings. The highest BCUT2D eigenvalue weighted by Crippen LogP contribution is 2.46. The van der Waals surface area contributed by atoms with Crippen LogP contribution < -0.4 is 14.4 Å². The smallest absolute Gasteiger partial charge is 0.296 e. The number of anilines is 1. The first kappa shape index (κ1) is 25.6. The van der Waals surface area contributed by atoms with Crippen LogP contribution in [0.5, 0.6) is 11.5 Å². The lowest BCUT2D eigenvalue weighted by Crippen LogP contribution is -2.31. The van der Waals surface area contributed by atoms with Crippen LogP contribution in [0.1, 0.15) is 34.8 Å². The monoisotopic (exact) mass is 550 g/mol. The summed E-state index contributed by atoms with van der Waals surface area (Å²) in [6.45, 7) is 7.84. The molecule has 1 unspecified atom stereocenters. The molecule has 2 aromatic heterocycles. The third kappa shape index (κ3) is 4.55. The average Bonchev–Trinajstić information content (AvgIpc) is 3.59. The molecule has 194 valence electrons. The van der Waals surface area contributed by atoms with Gasteiger partial charge in [0.1, 0.15) is 12.4 Å². The Balaban J connectivity index is 1.67. The van der Waals surface area contributed by atoms with Crippen LogP contribution in [0.25, 0.3) is 10.2 Å². The van der Waals surface area contributed by atoms with E-state index in [1.807, 2.05) is 6.92 Å².